The molecule has 1 aromatic rings. The second-order valence-electron chi connectivity index (χ2n) is 4.67. The Morgan fingerprint density at radius 2 is 2.12 bits per heavy atom. The van der Waals surface area contributed by atoms with E-state index in [4.69, 9.17) is 0 Å². The predicted octanol–water partition coefficient (Wildman–Crippen LogP) is 1.75. The summed E-state index contributed by atoms with van der Waals surface area (Å²) in [5.74, 6) is 1.51. The molecule has 1 aromatic heterocycles. The van der Waals surface area contributed by atoms with Gasteiger partial charge in [0, 0.05) is 6.54 Å². The largest absolute Gasteiger partial charge is 0.393 e. The zero-order chi connectivity index (χ0) is 11.4. The monoisotopic (exact) mass is 221 g/mol. The second kappa shape index (κ2) is 5.25. The third-order valence-electron chi connectivity index (χ3n) is 3.18. The zero-order valence-electron chi connectivity index (χ0n) is 9.69. The topological polar surface area (TPSA) is 58.0 Å². The minimum atomic E-state index is -0.0741. The normalized spacial score (nSPS) is 25.4. The molecule has 1 fully saturated rings. The van der Waals surface area contributed by atoms with Gasteiger partial charge >= 0.3 is 0 Å². The van der Waals surface area contributed by atoms with Gasteiger partial charge in [-0.1, -0.05) is 0 Å². The highest BCUT2D eigenvalue weighted by atomic mass is 16.3. The average Bonchev–Trinajstić information content (AvgIpc) is 2.28. The molecular weight excluding hydrogens is 202 g/mol. The third kappa shape index (κ3) is 3.17. The fraction of sp³-hybridized carbons (Fsp3) is 0.667. The quantitative estimate of drug-likeness (QED) is 0.816. The van der Waals surface area contributed by atoms with Crippen LogP contribution in [0.2, 0.25) is 0 Å². The van der Waals surface area contributed by atoms with E-state index in [9.17, 15) is 5.11 Å². The average molecular weight is 221 g/mol. The summed E-state index contributed by atoms with van der Waals surface area (Å²) in [6.07, 6.45) is 5.76. The lowest BCUT2D eigenvalue weighted by Crippen LogP contribution is -2.23. The van der Waals surface area contributed by atoms with E-state index in [1.807, 2.05) is 13.0 Å². The third-order valence-corrected chi connectivity index (χ3v) is 3.18. The molecule has 0 aromatic carbocycles. The van der Waals surface area contributed by atoms with Crippen molar-refractivity contribution in [1.82, 2.24) is 10.2 Å². The minimum absolute atomic E-state index is 0.0741. The highest BCUT2D eigenvalue weighted by molar-refractivity contribution is 5.34. The maximum absolute atomic E-state index is 9.41. The van der Waals surface area contributed by atoms with Gasteiger partial charge in [-0.3, -0.25) is 0 Å². The maximum Gasteiger partial charge on any atom is 0.148 e. The summed E-state index contributed by atoms with van der Waals surface area (Å²) in [5.41, 5.74) is 1.12. The Morgan fingerprint density at radius 3 is 2.81 bits per heavy atom. The molecule has 0 saturated heterocycles. The van der Waals surface area contributed by atoms with Crippen LogP contribution in [0, 0.1) is 12.8 Å². The van der Waals surface area contributed by atoms with Crippen molar-refractivity contribution in [1.29, 1.82) is 0 Å². The van der Waals surface area contributed by atoms with Crippen molar-refractivity contribution in [3.05, 3.63) is 17.8 Å². The van der Waals surface area contributed by atoms with Crippen molar-refractivity contribution in [3.8, 4) is 0 Å². The molecule has 0 atom stereocenters. The summed E-state index contributed by atoms with van der Waals surface area (Å²) in [5, 5.41) is 20.7. The van der Waals surface area contributed by atoms with E-state index >= 15 is 0 Å². The van der Waals surface area contributed by atoms with Gasteiger partial charge < -0.3 is 10.4 Å². The number of hydrogen-bond acceptors (Lipinski definition) is 4. The Hall–Kier alpha value is -1.16. The van der Waals surface area contributed by atoms with Gasteiger partial charge in [0.1, 0.15) is 5.82 Å². The Morgan fingerprint density at radius 1 is 1.38 bits per heavy atom. The molecule has 1 aliphatic rings. The first-order valence-corrected chi connectivity index (χ1v) is 5.95. The molecule has 2 rings (SSSR count). The highest BCUT2D eigenvalue weighted by Gasteiger charge is 2.18. The Kier molecular flexibility index (Phi) is 3.72. The number of anilines is 1. The molecule has 16 heavy (non-hydrogen) atoms. The fourth-order valence-corrected chi connectivity index (χ4v) is 2.15. The number of nitrogens with one attached hydrogen (secondary N) is 1. The van der Waals surface area contributed by atoms with E-state index in [-0.39, 0.29) is 6.10 Å². The lowest BCUT2D eigenvalue weighted by molar-refractivity contribution is 0.111. The van der Waals surface area contributed by atoms with Gasteiger partial charge in [0.25, 0.3) is 0 Å². The van der Waals surface area contributed by atoms with Gasteiger partial charge in [0.05, 0.1) is 12.3 Å². The first-order valence-electron chi connectivity index (χ1n) is 5.95. The smallest absolute Gasteiger partial charge is 0.148 e. The molecule has 4 heteroatoms. The van der Waals surface area contributed by atoms with E-state index in [1.54, 1.807) is 6.20 Å². The van der Waals surface area contributed by atoms with Crippen molar-refractivity contribution >= 4 is 5.82 Å². The Labute approximate surface area is 96.1 Å². The van der Waals surface area contributed by atoms with Crippen LogP contribution >= 0.6 is 0 Å². The summed E-state index contributed by atoms with van der Waals surface area (Å²) in [6, 6.07) is 2.00. The Balaban J connectivity index is 1.79. The van der Waals surface area contributed by atoms with Crippen LogP contribution in [0.3, 0.4) is 0 Å². The van der Waals surface area contributed by atoms with Crippen molar-refractivity contribution in [2.45, 2.75) is 38.7 Å². The molecule has 0 aliphatic heterocycles. The van der Waals surface area contributed by atoms with Crippen molar-refractivity contribution in [2.75, 3.05) is 11.9 Å². The molecule has 0 unspecified atom stereocenters. The minimum Gasteiger partial charge on any atom is -0.393 e. The van der Waals surface area contributed by atoms with E-state index in [2.05, 4.69) is 15.5 Å². The number of aryl methyl sites for hydroxylation is 1. The summed E-state index contributed by atoms with van der Waals surface area (Å²) >= 11 is 0. The van der Waals surface area contributed by atoms with Crippen LogP contribution in [-0.2, 0) is 0 Å². The molecule has 2 N–H and O–H groups in total. The number of hydrogen-bond donors (Lipinski definition) is 2. The highest BCUT2D eigenvalue weighted by Crippen LogP contribution is 2.24. The summed E-state index contributed by atoms with van der Waals surface area (Å²) < 4.78 is 0. The van der Waals surface area contributed by atoms with E-state index in [0.29, 0.717) is 5.92 Å². The van der Waals surface area contributed by atoms with Crippen LogP contribution in [0.1, 0.15) is 31.2 Å². The first-order chi connectivity index (χ1) is 7.74. The predicted molar refractivity (Wildman–Crippen MR) is 63.2 cm³/mol. The molecular formula is C12H19N3O. The van der Waals surface area contributed by atoms with Crippen LogP contribution in [0.4, 0.5) is 5.82 Å². The molecule has 0 bridgehead atoms. The molecule has 1 saturated carbocycles. The van der Waals surface area contributed by atoms with Gasteiger partial charge in [-0.2, -0.15) is 5.10 Å². The SMILES string of the molecule is Cc1cnnc(NCC2CCC(O)CC2)c1. The molecule has 88 valence electrons. The van der Waals surface area contributed by atoms with Gasteiger partial charge in [0.2, 0.25) is 0 Å². The van der Waals surface area contributed by atoms with Gasteiger partial charge in [-0.25, -0.2) is 0 Å². The second-order valence-corrected chi connectivity index (χ2v) is 4.67. The lowest BCUT2D eigenvalue weighted by Gasteiger charge is -2.25. The van der Waals surface area contributed by atoms with Crippen molar-refractivity contribution in [3.63, 3.8) is 0 Å². The number of rotatable bonds is 3. The lowest BCUT2D eigenvalue weighted by atomic mass is 9.87. The van der Waals surface area contributed by atoms with Gasteiger partial charge in [-0.05, 0) is 50.2 Å². The van der Waals surface area contributed by atoms with Crippen molar-refractivity contribution < 1.29 is 5.11 Å². The van der Waals surface area contributed by atoms with E-state index in [1.165, 1.54) is 0 Å². The van der Waals surface area contributed by atoms with Crippen molar-refractivity contribution in [2.24, 2.45) is 5.92 Å². The summed E-state index contributed by atoms with van der Waals surface area (Å²) in [6.45, 7) is 2.95. The molecule has 0 spiro atoms. The van der Waals surface area contributed by atoms with Crippen LogP contribution in [0.5, 0.6) is 0 Å². The molecule has 0 radical (unpaired) electrons. The zero-order valence-corrected chi connectivity index (χ0v) is 9.69. The molecule has 1 aliphatic carbocycles. The van der Waals surface area contributed by atoms with Gasteiger partial charge in [-0.15, -0.1) is 5.10 Å². The number of aromatic nitrogens is 2. The molecule has 1 heterocycles. The molecule has 4 nitrogen and oxygen atoms in total. The van der Waals surface area contributed by atoms with Crippen LogP contribution in [0.25, 0.3) is 0 Å². The number of nitrogens with zero attached hydrogens (tertiary/aromatic N) is 2. The van der Waals surface area contributed by atoms with E-state index < -0.39 is 0 Å². The van der Waals surface area contributed by atoms with Gasteiger partial charge in [0.15, 0.2) is 0 Å². The molecule has 0 amide bonds. The van der Waals surface area contributed by atoms with E-state index in [0.717, 1.165) is 43.6 Å². The van der Waals surface area contributed by atoms with Crippen LogP contribution in [-0.4, -0.2) is 28.0 Å². The van der Waals surface area contributed by atoms with Crippen LogP contribution < -0.4 is 5.32 Å². The fourth-order valence-electron chi connectivity index (χ4n) is 2.15. The first kappa shape index (κ1) is 11.3. The maximum atomic E-state index is 9.41. The van der Waals surface area contributed by atoms with Crippen LogP contribution in [0.15, 0.2) is 12.3 Å². The standard InChI is InChI=1S/C12H19N3O/c1-9-6-12(15-14-7-9)13-8-10-2-4-11(16)5-3-10/h6-7,10-11,16H,2-5,8H2,1H3,(H,13,15). The number of aliphatic hydroxyl groups is 1. The summed E-state index contributed by atoms with van der Waals surface area (Å²) in [4.78, 5) is 0. The Bertz CT molecular complexity index is 335. The number of aliphatic hydroxyl groups excluding tert-OH is 1. The summed E-state index contributed by atoms with van der Waals surface area (Å²) in [7, 11) is 0.